The van der Waals surface area contributed by atoms with Crippen molar-refractivity contribution < 1.29 is 23.5 Å². The summed E-state index contributed by atoms with van der Waals surface area (Å²) in [6, 6.07) is 3.73. The molecule has 0 aliphatic heterocycles. The van der Waals surface area contributed by atoms with Gasteiger partial charge in [-0.05, 0) is 37.5 Å². The normalized spacial score (nSPS) is 12.2. The van der Waals surface area contributed by atoms with E-state index in [0.29, 0.717) is 0 Å². The number of anilines is 1. The average molecular weight is 487 g/mol. The first-order valence-corrected chi connectivity index (χ1v) is 10.4. The Kier molecular flexibility index (Phi) is 9.31. The van der Waals surface area contributed by atoms with Gasteiger partial charge in [0.2, 0.25) is 5.91 Å². The van der Waals surface area contributed by atoms with E-state index in [1.807, 2.05) is 20.8 Å². The lowest BCUT2D eigenvalue weighted by Gasteiger charge is -2.17. The zero-order chi connectivity index (χ0) is 23.4. The van der Waals surface area contributed by atoms with E-state index in [-0.39, 0.29) is 52.9 Å². The zero-order valence-corrected chi connectivity index (χ0v) is 20.2. The second kappa shape index (κ2) is 10.8. The van der Waals surface area contributed by atoms with E-state index in [4.69, 9.17) is 10.5 Å². The summed E-state index contributed by atoms with van der Waals surface area (Å²) in [6.07, 6.45) is 1.83. The number of esters is 1. The van der Waals surface area contributed by atoms with E-state index in [1.54, 1.807) is 11.6 Å². The summed E-state index contributed by atoms with van der Waals surface area (Å²) in [6.45, 7) is 8.59. The van der Waals surface area contributed by atoms with Gasteiger partial charge in [-0.2, -0.15) is 4.99 Å². The third-order valence-corrected chi connectivity index (χ3v) is 4.69. The Morgan fingerprint density at radius 2 is 1.88 bits per heavy atom. The summed E-state index contributed by atoms with van der Waals surface area (Å²) >= 11 is 1.15. The van der Waals surface area contributed by atoms with Gasteiger partial charge in [-0.15, -0.1) is 23.7 Å². The molecule has 0 atom stereocenters. The van der Waals surface area contributed by atoms with Gasteiger partial charge in [-0.25, -0.2) is 4.39 Å². The Morgan fingerprint density at radius 3 is 2.44 bits per heavy atom. The lowest BCUT2D eigenvalue weighted by Crippen LogP contribution is -2.43. The van der Waals surface area contributed by atoms with Gasteiger partial charge in [-0.1, -0.05) is 20.8 Å². The number of nitrogens with zero attached hydrogens (tertiary/aromatic N) is 2. The molecule has 0 bridgehead atoms. The van der Waals surface area contributed by atoms with Gasteiger partial charge < -0.3 is 15.8 Å². The van der Waals surface area contributed by atoms with Crippen LogP contribution < -0.4 is 15.9 Å². The number of amides is 2. The molecule has 0 aliphatic rings. The van der Waals surface area contributed by atoms with Crippen molar-refractivity contribution >= 4 is 47.2 Å². The first kappa shape index (κ1) is 27.5. The number of thiazole rings is 1. The van der Waals surface area contributed by atoms with E-state index < -0.39 is 23.2 Å². The summed E-state index contributed by atoms with van der Waals surface area (Å²) in [5, 5.41) is 4.18. The van der Waals surface area contributed by atoms with E-state index >= 15 is 0 Å². The number of hydrogen-bond acceptors (Lipinski definition) is 6. The van der Waals surface area contributed by atoms with Crippen molar-refractivity contribution in [1.82, 2.24) is 4.57 Å². The largest absolute Gasteiger partial charge is 0.442 e. The SMILES string of the molecule is CC(C)(C)CC(=O)Nc1ccc(C(=O)/N=c2\sccn2COC(=O)C(C)(C)N)cc1F.Cl. The molecule has 0 unspecified atom stereocenters. The highest BCUT2D eigenvalue weighted by atomic mass is 35.5. The molecule has 0 saturated carbocycles. The van der Waals surface area contributed by atoms with Gasteiger partial charge in [0.05, 0.1) is 5.69 Å². The topological polar surface area (TPSA) is 116 Å². The molecule has 1 aromatic carbocycles. The molecular formula is C21H28ClFN4O4S. The van der Waals surface area contributed by atoms with Crippen LogP contribution in [0.3, 0.4) is 0 Å². The minimum Gasteiger partial charge on any atom is -0.442 e. The number of halogens is 2. The average Bonchev–Trinajstić information content (AvgIpc) is 3.05. The fourth-order valence-electron chi connectivity index (χ4n) is 2.38. The Morgan fingerprint density at radius 1 is 1.22 bits per heavy atom. The van der Waals surface area contributed by atoms with Crippen LogP contribution in [0, 0.1) is 11.2 Å². The Hall–Kier alpha value is -2.56. The molecule has 2 amide bonds. The molecule has 3 N–H and O–H groups in total. The number of hydrogen-bond donors (Lipinski definition) is 2. The third-order valence-electron chi connectivity index (χ3n) is 3.90. The van der Waals surface area contributed by atoms with Crippen molar-refractivity contribution in [2.24, 2.45) is 16.1 Å². The number of nitrogens with two attached hydrogens (primary N) is 1. The molecule has 0 fully saturated rings. The number of ether oxygens (including phenoxy) is 1. The van der Waals surface area contributed by atoms with Crippen LogP contribution >= 0.6 is 23.7 Å². The lowest BCUT2D eigenvalue weighted by atomic mass is 9.92. The fourth-order valence-corrected chi connectivity index (χ4v) is 3.09. The number of carbonyl (C=O) groups is 3. The number of benzene rings is 1. The molecule has 1 heterocycles. The van der Waals surface area contributed by atoms with Crippen LogP contribution in [0.2, 0.25) is 0 Å². The fraction of sp³-hybridized carbons (Fsp3) is 0.429. The number of aromatic nitrogens is 1. The van der Waals surface area contributed by atoms with E-state index in [1.165, 1.54) is 30.5 Å². The summed E-state index contributed by atoms with van der Waals surface area (Å²) in [5.74, 6) is -2.32. The number of rotatable bonds is 6. The van der Waals surface area contributed by atoms with Gasteiger partial charge in [0.25, 0.3) is 5.91 Å². The second-order valence-corrected chi connectivity index (χ2v) is 9.71. The van der Waals surface area contributed by atoms with Crippen molar-refractivity contribution in [2.45, 2.75) is 53.3 Å². The molecule has 11 heteroatoms. The molecule has 32 heavy (non-hydrogen) atoms. The van der Waals surface area contributed by atoms with Gasteiger partial charge in [0.1, 0.15) is 11.4 Å². The summed E-state index contributed by atoms with van der Waals surface area (Å²) < 4.78 is 21.0. The first-order chi connectivity index (χ1) is 14.3. The second-order valence-electron chi connectivity index (χ2n) is 8.84. The molecule has 0 spiro atoms. The van der Waals surface area contributed by atoms with Crippen molar-refractivity contribution in [1.29, 1.82) is 0 Å². The van der Waals surface area contributed by atoms with Crippen molar-refractivity contribution in [3.05, 3.63) is 46.0 Å². The summed E-state index contributed by atoms with van der Waals surface area (Å²) in [7, 11) is 0. The molecule has 2 aromatic rings. The highest BCUT2D eigenvalue weighted by molar-refractivity contribution is 7.07. The molecule has 2 rings (SSSR count). The third kappa shape index (κ3) is 8.18. The van der Waals surface area contributed by atoms with Crippen molar-refractivity contribution in [3.63, 3.8) is 0 Å². The summed E-state index contributed by atoms with van der Waals surface area (Å²) in [5.41, 5.74) is 4.31. The van der Waals surface area contributed by atoms with Crippen LogP contribution in [0.4, 0.5) is 10.1 Å². The number of nitrogens with one attached hydrogen (secondary N) is 1. The van der Waals surface area contributed by atoms with E-state index in [2.05, 4.69) is 10.3 Å². The predicted molar refractivity (Wildman–Crippen MR) is 123 cm³/mol. The molecule has 1 aromatic heterocycles. The molecule has 0 aliphatic carbocycles. The van der Waals surface area contributed by atoms with Crippen molar-refractivity contribution in [3.8, 4) is 0 Å². The lowest BCUT2D eigenvalue weighted by molar-refractivity contribution is -0.152. The Balaban J connectivity index is 0.00000512. The minimum atomic E-state index is -1.15. The molecule has 8 nitrogen and oxygen atoms in total. The Bertz CT molecular complexity index is 1050. The van der Waals surface area contributed by atoms with E-state index in [0.717, 1.165) is 17.4 Å². The maximum atomic E-state index is 14.4. The van der Waals surface area contributed by atoms with Gasteiger partial charge >= 0.3 is 5.97 Å². The van der Waals surface area contributed by atoms with Crippen LogP contribution in [0.5, 0.6) is 0 Å². The highest BCUT2D eigenvalue weighted by Gasteiger charge is 2.23. The summed E-state index contributed by atoms with van der Waals surface area (Å²) in [4.78, 5) is 40.6. The zero-order valence-electron chi connectivity index (χ0n) is 18.6. The molecular weight excluding hydrogens is 459 g/mol. The van der Waals surface area contributed by atoms with Crippen LogP contribution in [0.15, 0.2) is 34.8 Å². The predicted octanol–water partition coefficient (Wildman–Crippen LogP) is 3.46. The van der Waals surface area contributed by atoms with Gasteiger partial charge in [0, 0.05) is 23.6 Å². The molecule has 0 saturated heterocycles. The number of carbonyl (C=O) groups excluding carboxylic acids is 3. The minimum absolute atomic E-state index is 0. The quantitative estimate of drug-likeness (QED) is 0.606. The smallest absolute Gasteiger partial charge is 0.327 e. The van der Waals surface area contributed by atoms with Crippen LogP contribution in [0.25, 0.3) is 0 Å². The van der Waals surface area contributed by atoms with E-state index in [9.17, 15) is 18.8 Å². The Labute approximate surface area is 196 Å². The van der Waals surface area contributed by atoms with Crippen LogP contribution in [0.1, 0.15) is 51.4 Å². The van der Waals surface area contributed by atoms with Crippen molar-refractivity contribution in [2.75, 3.05) is 5.32 Å². The monoisotopic (exact) mass is 486 g/mol. The highest BCUT2D eigenvalue weighted by Crippen LogP contribution is 2.21. The first-order valence-electron chi connectivity index (χ1n) is 9.55. The maximum absolute atomic E-state index is 14.4. The van der Waals surface area contributed by atoms with Gasteiger partial charge in [-0.3, -0.25) is 19.0 Å². The molecule has 0 radical (unpaired) electrons. The van der Waals surface area contributed by atoms with Crippen LogP contribution in [-0.4, -0.2) is 27.9 Å². The standard InChI is InChI=1S/C21H27FN4O4S.ClH/c1-20(2,3)11-16(27)24-15-7-6-13(10-14(15)22)17(28)25-19-26(8-9-31-19)12-30-18(29)21(4,5)23;/h6-10H,11-12,23H2,1-5H3,(H,24,27);1H/b25-19-;. The van der Waals surface area contributed by atoms with Crippen LogP contribution in [-0.2, 0) is 21.1 Å². The van der Waals surface area contributed by atoms with Gasteiger partial charge in [0.15, 0.2) is 11.5 Å². The molecule has 176 valence electrons. The maximum Gasteiger partial charge on any atom is 0.327 e.